The largest absolute Gasteiger partial charge is 0.493 e. The molecule has 0 spiro atoms. The van der Waals surface area contributed by atoms with Crippen LogP contribution in [0.1, 0.15) is 24.7 Å². The lowest BCUT2D eigenvalue weighted by molar-refractivity contribution is -0.117. The zero-order valence-corrected chi connectivity index (χ0v) is 18.9. The van der Waals surface area contributed by atoms with E-state index in [1.165, 1.54) is 0 Å². The third-order valence-corrected chi connectivity index (χ3v) is 5.15. The number of amides is 1. The van der Waals surface area contributed by atoms with Gasteiger partial charge in [0.15, 0.2) is 11.5 Å². The Bertz CT molecular complexity index is 1100. The van der Waals surface area contributed by atoms with Gasteiger partial charge in [-0.05, 0) is 49.6 Å². The number of nitrogens with zero attached hydrogens (tertiary/aromatic N) is 2. The Labute approximate surface area is 189 Å². The highest BCUT2D eigenvalue weighted by Gasteiger charge is 2.12. The Morgan fingerprint density at radius 2 is 2.03 bits per heavy atom. The van der Waals surface area contributed by atoms with E-state index in [9.17, 15) is 4.79 Å². The molecule has 3 aromatic rings. The van der Waals surface area contributed by atoms with Crippen LogP contribution < -0.4 is 14.8 Å². The third-order valence-electron chi connectivity index (χ3n) is 5.15. The first-order chi connectivity index (χ1) is 15.5. The fourth-order valence-electron chi connectivity index (χ4n) is 3.53. The monoisotopic (exact) mass is 433 g/mol. The van der Waals surface area contributed by atoms with E-state index < -0.39 is 0 Å². The third kappa shape index (κ3) is 5.78. The van der Waals surface area contributed by atoms with E-state index in [1.807, 2.05) is 42.5 Å². The van der Waals surface area contributed by atoms with E-state index in [-0.39, 0.29) is 5.91 Å². The van der Waals surface area contributed by atoms with E-state index >= 15 is 0 Å². The first kappa shape index (κ1) is 23.1. The van der Waals surface area contributed by atoms with Gasteiger partial charge < -0.3 is 19.4 Å². The lowest BCUT2D eigenvalue weighted by Crippen LogP contribution is -2.26. The molecule has 0 atom stereocenters. The van der Waals surface area contributed by atoms with Crippen molar-refractivity contribution >= 4 is 16.9 Å². The average molecular weight is 434 g/mol. The number of carbonyl (C=O) groups excluding carboxylic acids is 1. The topological polar surface area (TPSA) is 65.4 Å². The second-order valence-corrected chi connectivity index (χ2v) is 7.63. The molecule has 0 unspecified atom stereocenters. The Morgan fingerprint density at radius 1 is 1.22 bits per heavy atom. The Hall–Kier alpha value is -3.54. The quantitative estimate of drug-likeness (QED) is 0.260. The van der Waals surface area contributed by atoms with Gasteiger partial charge in [0.1, 0.15) is 5.82 Å². The van der Waals surface area contributed by atoms with Gasteiger partial charge in [0.05, 0.1) is 24.8 Å². The van der Waals surface area contributed by atoms with E-state index in [0.29, 0.717) is 25.1 Å². The number of benzene rings is 2. The van der Waals surface area contributed by atoms with Crippen molar-refractivity contribution in [2.45, 2.75) is 32.7 Å². The number of fused-ring (bicyclic) bond motifs is 1. The first-order valence-electron chi connectivity index (χ1n) is 10.8. The number of imidazole rings is 1. The van der Waals surface area contributed by atoms with Crippen LogP contribution in [0, 0.1) is 0 Å². The minimum Gasteiger partial charge on any atom is -0.493 e. The van der Waals surface area contributed by atoms with Crippen molar-refractivity contribution in [2.24, 2.45) is 0 Å². The molecule has 6 nitrogen and oxygen atoms in total. The predicted octanol–water partition coefficient (Wildman–Crippen LogP) is 4.48. The molecule has 0 bridgehead atoms. The van der Waals surface area contributed by atoms with Gasteiger partial charge in [0, 0.05) is 25.1 Å². The Morgan fingerprint density at radius 3 is 2.78 bits per heavy atom. The van der Waals surface area contributed by atoms with Gasteiger partial charge in [0.25, 0.3) is 0 Å². The smallest absolute Gasteiger partial charge is 0.246 e. The van der Waals surface area contributed by atoms with Gasteiger partial charge in [0.2, 0.25) is 5.91 Å². The van der Waals surface area contributed by atoms with E-state index in [2.05, 4.69) is 29.1 Å². The van der Waals surface area contributed by atoms with Gasteiger partial charge in [-0.25, -0.2) is 4.98 Å². The van der Waals surface area contributed by atoms with E-state index in [1.54, 1.807) is 14.0 Å². The molecule has 0 aliphatic carbocycles. The molecular weight excluding hydrogens is 402 g/mol. The highest BCUT2D eigenvalue weighted by atomic mass is 16.5. The maximum absolute atomic E-state index is 11.8. The second-order valence-electron chi connectivity index (χ2n) is 7.63. The van der Waals surface area contributed by atoms with Crippen molar-refractivity contribution in [1.82, 2.24) is 14.9 Å². The van der Waals surface area contributed by atoms with Gasteiger partial charge in [-0.15, -0.1) is 6.58 Å². The molecule has 0 saturated carbocycles. The van der Waals surface area contributed by atoms with Crippen molar-refractivity contribution in [3.63, 3.8) is 0 Å². The molecule has 2 aromatic carbocycles. The summed E-state index contributed by atoms with van der Waals surface area (Å²) < 4.78 is 13.7. The van der Waals surface area contributed by atoms with Crippen LogP contribution in [0.15, 0.2) is 67.3 Å². The maximum atomic E-state index is 11.8. The van der Waals surface area contributed by atoms with Gasteiger partial charge >= 0.3 is 0 Å². The van der Waals surface area contributed by atoms with Crippen LogP contribution in [0.2, 0.25) is 0 Å². The number of aryl methyl sites for hydroxylation is 1. The van der Waals surface area contributed by atoms with Gasteiger partial charge in [-0.1, -0.05) is 30.9 Å². The van der Waals surface area contributed by atoms with Crippen molar-refractivity contribution in [3.05, 3.63) is 78.7 Å². The number of allylic oxidation sites excluding steroid dienone is 1. The van der Waals surface area contributed by atoms with Crippen LogP contribution in [0.5, 0.6) is 11.5 Å². The number of carbonyl (C=O) groups is 1. The highest BCUT2D eigenvalue weighted by Crippen LogP contribution is 2.28. The molecule has 6 heteroatoms. The summed E-state index contributed by atoms with van der Waals surface area (Å²) >= 11 is 0. The second kappa shape index (κ2) is 11.2. The lowest BCUT2D eigenvalue weighted by Gasteiger charge is -2.13. The molecule has 32 heavy (non-hydrogen) atoms. The highest BCUT2D eigenvalue weighted by molar-refractivity contribution is 5.92. The first-order valence-corrected chi connectivity index (χ1v) is 10.8. The number of hydrogen-bond donors (Lipinski definition) is 1. The SMILES string of the molecule is C=CCc1ccc(OCCCn2c(CCNC(=O)C(=C)C)nc3ccccc32)c(OC)c1. The molecule has 168 valence electrons. The number of hydrogen-bond acceptors (Lipinski definition) is 4. The van der Waals surface area contributed by atoms with Crippen LogP contribution in [0.3, 0.4) is 0 Å². The van der Waals surface area contributed by atoms with E-state index in [0.717, 1.165) is 53.3 Å². The minimum atomic E-state index is -0.130. The Balaban J connectivity index is 1.63. The zero-order chi connectivity index (χ0) is 22.9. The molecule has 1 aromatic heterocycles. The van der Waals surface area contributed by atoms with Crippen LogP contribution in [-0.4, -0.2) is 35.7 Å². The zero-order valence-electron chi connectivity index (χ0n) is 18.9. The summed E-state index contributed by atoms with van der Waals surface area (Å²) in [5, 5.41) is 2.88. The summed E-state index contributed by atoms with van der Waals surface area (Å²) in [6.45, 7) is 11.0. The molecule has 0 aliphatic rings. The summed E-state index contributed by atoms with van der Waals surface area (Å²) in [6, 6.07) is 14.0. The van der Waals surface area contributed by atoms with Gasteiger partial charge in [-0.2, -0.15) is 0 Å². The van der Waals surface area contributed by atoms with Crippen molar-refractivity contribution in [2.75, 3.05) is 20.3 Å². The number of methoxy groups -OCH3 is 1. The molecular formula is C26H31N3O3. The van der Waals surface area contributed by atoms with E-state index in [4.69, 9.17) is 14.5 Å². The normalized spacial score (nSPS) is 10.7. The summed E-state index contributed by atoms with van der Waals surface area (Å²) in [4.78, 5) is 16.5. The molecule has 3 rings (SSSR count). The number of aromatic nitrogens is 2. The summed E-state index contributed by atoms with van der Waals surface area (Å²) in [5.74, 6) is 2.28. The fourth-order valence-corrected chi connectivity index (χ4v) is 3.53. The van der Waals surface area contributed by atoms with Crippen LogP contribution in [0.4, 0.5) is 0 Å². The van der Waals surface area contributed by atoms with Gasteiger partial charge in [-0.3, -0.25) is 4.79 Å². The molecule has 1 amide bonds. The lowest BCUT2D eigenvalue weighted by atomic mass is 10.1. The molecule has 0 radical (unpaired) electrons. The molecule has 1 N–H and O–H groups in total. The molecule has 0 aliphatic heterocycles. The van der Waals surface area contributed by atoms with Crippen LogP contribution >= 0.6 is 0 Å². The number of ether oxygens (including phenoxy) is 2. The summed E-state index contributed by atoms with van der Waals surface area (Å²) in [6.07, 6.45) is 4.11. The molecule has 0 saturated heterocycles. The number of para-hydroxylation sites is 2. The standard InChI is InChI=1S/C26H31N3O3/c1-5-9-20-12-13-23(24(18-20)31-4)32-17-8-16-29-22-11-7-6-10-21(22)28-25(29)14-15-27-26(30)19(2)3/h5-7,10-13,18H,1-2,8-9,14-17H2,3-4H3,(H,27,30). The average Bonchev–Trinajstić information content (AvgIpc) is 3.14. The van der Waals surface area contributed by atoms with Crippen molar-refractivity contribution in [1.29, 1.82) is 0 Å². The summed E-state index contributed by atoms with van der Waals surface area (Å²) in [5.41, 5.74) is 3.68. The fraction of sp³-hybridized carbons (Fsp3) is 0.308. The number of nitrogens with one attached hydrogen (secondary N) is 1. The van der Waals surface area contributed by atoms with Crippen molar-refractivity contribution in [3.8, 4) is 11.5 Å². The minimum absolute atomic E-state index is 0.130. The molecule has 0 fully saturated rings. The van der Waals surface area contributed by atoms with Crippen LogP contribution in [0.25, 0.3) is 11.0 Å². The number of rotatable bonds is 12. The maximum Gasteiger partial charge on any atom is 0.246 e. The van der Waals surface area contributed by atoms with Crippen molar-refractivity contribution < 1.29 is 14.3 Å². The summed E-state index contributed by atoms with van der Waals surface area (Å²) in [7, 11) is 1.65. The molecule has 1 heterocycles. The Kier molecular flexibility index (Phi) is 8.08. The predicted molar refractivity (Wildman–Crippen MR) is 128 cm³/mol. The van der Waals surface area contributed by atoms with Crippen LogP contribution in [-0.2, 0) is 24.2 Å².